The van der Waals surface area contributed by atoms with Crippen LogP contribution in [-0.4, -0.2) is 17.4 Å². The Labute approximate surface area is 125 Å². The van der Waals surface area contributed by atoms with E-state index in [4.69, 9.17) is 0 Å². The standard InChI is InChI=1S/C17H22N2O2/c1-11-5-6-15(12(2)7-11)16(21)19-18-13-8-14(20)10-17(3,4)9-13/h5-7H,8-10H2,1-4H3,(H,19,21). The first-order chi connectivity index (χ1) is 9.77. The Bertz CT molecular complexity index is 615. The first-order valence-electron chi connectivity index (χ1n) is 7.21. The molecule has 1 aromatic rings. The van der Waals surface area contributed by atoms with Crippen LogP contribution in [0, 0.1) is 19.3 Å². The molecule has 0 spiro atoms. The molecule has 0 radical (unpaired) electrons. The summed E-state index contributed by atoms with van der Waals surface area (Å²) in [6.07, 6.45) is 1.67. The molecule has 1 fully saturated rings. The number of ketones is 1. The molecular formula is C17H22N2O2. The third kappa shape index (κ3) is 4.00. The number of rotatable bonds is 2. The highest BCUT2D eigenvalue weighted by molar-refractivity contribution is 6.05. The van der Waals surface area contributed by atoms with Gasteiger partial charge < -0.3 is 0 Å². The minimum atomic E-state index is -0.226. The fourth-order valence-electron chi connectivity index (χ4n) is 2.84. The van der Waals surface area contributed by atoms with Gasteiger partial charge in [-0.25, -0.2) is 5.43 Å². The fraction of sp³-hybridized carbons (Fsp3) is 0.471. The molecule has 4 nitrogen and oxygen atoms in total. The van der Waals surface area contributed by atoms with Gasteiger partial charge in [-0.2, -0.15) is 5.10 Å². The predicted molar refractivity (Wildman–Crippen MR) is 83.5 cm³/mol. The van der Waals surface area contributed by atoms with E-state index < -0.39 is 0 Å². The summed E-state index contributed by atoms with van der Waals surface area (Å²) in [7, 11) is 0. The number of nitrogens with one attached hydrogen (secondary N) is 1. The molecule has 1 N–H and O–H groups in total. The number of hydrogen-bond acceptors (Lipinski definition) is 3. The van der Waals surface area contributed by atoms with Crippen LogP contribution in [-0.2, 0) is 4.79 Å². The van der Waals surface area contributed by atoms with Crippen molar-refractivity contribution >= 4 is 17.4 Å². The summed E-state index contributed by atoms with van der Waals surface area (Å²) in [5.41, 5.74) is 5.93. The van der Waals surface area contributed by atoms with E-state index >= 15 is 0 Å². The average Bonchev–Trinajstić information content (AvgIpc) is 2.33. The van der Waals surface area contributed by atoms with Crippen LogP contribution in [0.1, 0.15) is 54.6 Å². The lowest BCUT2D eigenvalue weighted by molar-refractivity contribution is -0.120. The molecule has 2 rings (SSSR count). The SMILES string of the molecule is Cc1ccc(C(=O)NN=C2CC(=O)CC(C)(C)C2)c(C)c1. The number of carbonyl (C=O) groups is 2. The Morgan fingerprint density at radius 3 is 2.57 bits per heavy atom. The number of hydrazone groups is 1. The van der Waals surface area contributed by atoms with E-state index in [2.05, 4.69) is 10.5 Å². The molecule has 21 heavy (non-hydrogen) atoms. The van der Waals surface area contributed by atoms with Crippen LogP contribution in [0.4, 0.5) is 0 Å². The van der Waals surface area contributed by atoms with Gasteiger partial charge in [-0.1, -0.05) is 31.5 Å². The number of carbonyl (C=O) groups excluding carboxylic acids is 2. The van der Waals surface area contributed by atoms with Gasteiger partial charge in [0.25, 0.3) is 5.91 Å². The van der Waals surface area contributed by atoms with Gasteiger partial charge in [-0.3, -0.25) is 9.59 Å². The van der Waals surface area contributed by atoms with Crippen LogP contribution < -0.4 is 5.43 Å². The van der Waals surface area contributed by atoms with Crippen molar-refractivity contribution in [3.05, 3.63) is 34.9 Å². The highest BCUT2D eigenvalue weighted by Gasteiger charge is 2.30. The second kappa shape index (κ2) is 5.80. The number of aryl methyl sites for hydroxylation is 2. The molecule has 1 saturated carbocycles. The van der Waals surface area contributed by atoms with Crippen molar-refractivity contribution in [2.24, 2.45) is 10.5 Å². The minimum Gasteiger partial charge on any atom is -0.299 e. The topological polar surface area (TPSA) is 58.5 Å². The van der Waals surface area contributed by atoms with Crippen LogP contribution >= 0.6 is 0 Å². The smallest absolute Gasteiger partial charge is 0.271 e. The quantitative estimate of drug-likeness (QED) is 0.849. The van der Waals surface area contributed by atoms with Crippen LogP contribution in [0.25, 0.3) is 0 Å². The molecule has 1 aromatic carbocycles. The average molecular weight is 286 g/mol. The van der Waals surface area contributed by atoms with Gasteiger partial charge in [0.1, 0.15) is 5.78 Å². The Hall–Kier alpha value is -1.97. The second-order valence-corrected chi connectivity index (χ2v) is 6.67. The van der Waals surface area contributed by atoms with Crippen molar-refractivity contribution in [2.75, 3.05) is 0 Å². The molecule has 0 bridgehead atoms. The first kappa shape index (κ1) is 15.4. The number of nitrogens with zero attached hydrogens (tertiary/aromatic N) is 1. The van der Waals surface area contributed by atoms with E-state index in [-0.39, 0.29) is 17.1 Å². The maximum Gasteiger partial charge on any atom is 0.271 e. The van der Waals surface area contributed by atoms with E-state index in [9.17, 15) is 9.59 Å². The second-order valence-electron chi connectivity index (χ2n) is 6.67. The lowest BCUT2D eigenvalue weighted by Crippen LogP contribution is -2.31. The molecule has 0 aliphatic heterocycles. The van der Waals surface area contributed by atoms with Gasteiger partial charge in [-0.15, -0.1) is 0 Å². The molecule has 0 heterocycles. The molecule has 0 unspecified atom stereocenters. The Kier molecular flexibility index (Phi) is 4.26. The summed E-state index contributed by atoms with van der Waals surface area (Å²) in [5, 5.41) is 4.17. The van der Waals surface area contributed by atoms with Gasteiger partial charge in [0.15, 0.2) is 0 Å². The van der Waals surface area contributed by atoms with Gasteiger partial charge in [0.05, 0.1) is 0 Å². The summed E-state index contributed by atoms with van der Waals surface area (Å²) in [4.78, 5) is 23.9. The zero-order valence-electron chi connectivity index (χ0n) is 13.1. The summed E-state index contributed by atoms with van der Waals surface area (Å²) in [5.74, 6) is -0.0402. The molecular weight excluding hydrogens is 264 g/mol. The maximum atomic E-state index is 12.2. The monoisotopic (exact) mass is 286 g/mol. The van der Waals surface area contributed by atoms with Crippen molar-refractivity contribution in [3.8, 4) is 0 Å². The summed E-state index contributed by atoms with van der Waals surface area (Å²) in [6, 6.07) is 5.67. The molecule has 1 aliphatic rings. The molecule has 1 amide bonds. The van der Waals surface area contributed by atoms with Gasteiger partial charge in [0, 0.05) is 24.1 Å². The Balaban J connectivity index is 2.09. The van der Waals surface area contributed by atoms with Gasteiger partial charge >= 0.3 is 0 Å². The van der Waals surface area contributed by atoms with E-state index in [1.54, 1.807) is 6.07 Å². The minimum absolute atomic E-state index is 0.0708. The molecule has 0 atom stereocenters. The summed E-state index contributed by atoms with van der Waals surface area (Å²) in [6.45, 7) is 7.99. The van der Waals surface area contributed by atoms with E-state index in [0.717, 1.165) is 23.3 Å². The highest BCUT2D eigenvalue weighted by Crippen LogP contribution is 2.31. The van der Waals surface area contributed by atoms with Gasteiger partial charge in [-0.05, 0) is 37.3 Å². The predicted octanol–water partition coefficient (Wildman–Crippen LogP) is 3.17. The third-order valence-corrected chi connectivity index (χ3v) is 3.70. The van der Waals surface area contributed by atoms with Crippen LogP contribution in [0.15, 0.2) is 23.3 Å². The summed E-state index contributed by atoms with van der Waals surface area (Å²) >= 11 is 0. The first-order valence-corrected chi connectivity index (χ1v) is 7.21. The Morgan fingerprint density at radius 2 is 1.95 bits per heavy atom. The highest BCUT2D eigenvalue weighted by atomic mass is 16.2. The Morgan fingerprint density at radius 1 is 1.24 bits per heavy atom. The van der Waals surface area contributed by atoms with Crippen molar-refractivity contribution in [1.82, 2.24) is 5.43 Å². The van der Waals surface area contributed by atoms with Crippen molar-refractivity contribution in [1.29, 1.82) is 0 Å². The van der Waals surface area contributed by atoms with Crippen LogP contribution in [0.5, 0.6) is 0 Å². The molecule has 4 heteroatoms. The number of benzene rings is 1. The maximum absolute atomic E-state index is 12.2. The van der Waals surface area contributed by atoms with Crippen LogP contribution in [0.2, 0.25) is 0 Å². The van der Waals surface area contributed by atoms with Crippen LogP contribution in [0.3, 0.4) is 0 Å². The number of Topliss-reactive ketones (excluding diaryl/α,β-unsaturated/α-hetero) is 1. The van der Waals surface area contributed by atoms with E-state index in [1.807, 2.05) is 39.8 Å². The van der Waals surface area contributed by atoms with Crippen molar-refractivity contribution < 1.29 is 9.59 Å². The third-order valence-electron chi connectivity index (χ3n) is 3.70. The zero-order chi connectivity index (χ0) is 15.6. The molecule has 0 aromatic heterocycles. The largest absolute Gasteiger partial charge is 0.299 e. The van der Waals surface area contributed by atoms with Crippen molar-refractivity contribution in [2.45, 2.75) is 47.0 Å². The van der Waals surface area contributed by atoms with E-state index in [0.29, 0.717) is 18.4 Å². The van der Waals surface area contributed by atoms with Gasteiger partial charge in [0.2, 0.25) is 0 Å². The summed E-state index contributed by atoms with van der Waals surface area (Å²) < 4.78 is 0. The normalized spacial score (nSPS) is 19.6. The lowest BCUT2D eigenvalue weighted by Gasteiger charge is -2.29. The molecule has 1 aliphatic carbocycles. The van der Waals surface area contributed by atoms with E-state index in [1.165, 1.54) is 0 Å². The van der Waals surface area contributed by atoms with Crippen molar-refractivity contribution in [3.63, 3.8) is 0 Å². The zero-order valence-corrected chi connectivity index (χ0v) is 13.1. The molecule has 0 saturated heterocycles. The number of hydrogen-bond donors (Lipinski definition) is 1. The fourth-order valence-corrected chi connectivity index (χ4v) is 2.84. The lowest BCUT2D eigenvalue weighted by atomic mass is 9.76. The number of amides is 1. The molecule has 112 valence electrons.